The highest BCUT2D eigenvalue weighted by molar-refractivity contribution is 6.32. The summed E-state index contributed by atoms with van der Waals surface area (Å²) in [7, 11) is 0. The Labute approximate surface area is 120 Å². The molecule has 0 aliphatic heterocycles. The number of aromatic nitrogens is 2. The maximum atomic E-state index is 14.5. The van der Waals surface area contributed by atoms with Crippen LogP contribution in [0.5, 0.6) is 5.75 Å². The van der Waals surface area contributed by atoms with Crippen molar-refractivity contribution in [2.24, 2.45) is 0 Å². The molecule has 0 radical (unpaired) electrons. The number of hydrogen-bond donors (Lipinski definition) is 1. The Kier molecular flexibility index (Phi) is 3.32. The topological polar surface area (TPSA) is 37.9 Å². The van der Waals surface area contributed by atoms with E-state index in [1.165, 1.54) is 0 Å². The fraction of sp³-hybridized carbons (Fsp3) is 0.133. The van der Waals surface area contributed by atoms with Crippen LogP contribution in [0.25, 0.3) is 22.4 Å². The molecule has 0 spiro atoms. The second-order valence-corrected chi connectivity index (χ2v) is 4.68. The number of benzene rings is 2. The van der Waals surface area contributed by atoms with Crippen LogP contribution in [0, 0.1) is 5.82 Å². The molecular formula is C15H12ClFN2O. The van der Waals surface area contributed by atoms with E-state index in [-0.39, 0.29) is 10.8 Å². The molecule has 1 N–H and O–H groups in total. The van der Waals surface area contributed by atoms with Gasteiger partial charge in [0.2, 0.25) is 0 Å². The smallest absolute Gasteiger partial charge is 0.177 e. The third kappa shape index (κ3) is 2.12. The average Bonchev–Trinajstić information content (AvgIpc) is 2.87. The summed E-state index contributed by atoms with van der Waals surface area (Å²) < 4.78 is 19.7. The first kappa shape index (κ1) is 12.9. The molecule has 0 unspecified atom stereocenters. The van der Waals surface area contributed by atoms with Gasteiger partial charge in [0.05, 0.1) is 28.2 Å². The van der Waals surface area contributed by atoms with E-state index < -0.39 is 5.82 Å². The van der Waals surface area contributed by atoms with E-state index in [1.54, 1.807) is 19.1 Å². The van der Waals surface area contributed by atoms with Gasteiger partial charge < -0.3 is 9.72 Å². The summed E-state index contributed by atoms with van der Waals surface area (Å²) in [6.07, 6.45) is 0. The minimum absolute atomic E-state index is 0.0622. The zero-order valence-corrected chi connectivity index (χ0v) is 11.5. The molecule has 1 heterocycles. The highest BCUT2D eigenvalue weighted by Gasteiger charge is 2.17. The van der Waals surface area contributed by atoms with Crippen LogP contribution in [0.2, 0.25) is 5.02 Å². The Hall–Kier alpha value is -2.07. The number of H-pyrrole nitrogens is 1. The van der Waals surface area contributed by atoms with Crippen molar-refractivity contribution in [2.45, 2.75) is 6.92 Å². The van der Waals surface area contributed by atoms with Crippen molar-refractivity contribution < 1.29 is 9.13 Å². The zero-order valence-electron chi connectivity index (χ0n) is 10.8. The summed E-state index contributed by atoms with van der Waals surface area (Å²) in [5.74, 6) is 0.0202. The van der Waals surface area contributed by atoms with Gasteiger partial charge in [-0.05, 0) is 31.2 Å². The Morgan fingerprint density at radius 1 is 1.25 bits per heavy atom. The van der Waals surface area contributed by atoms with Crippen molar-refractivity contribution in [2.75, 3.05) is 6.61 Å². The number of nitrogens with one attached hydrogen (secondary N) is 1. The van der Waals surface area contributed by atoms with E-state index in [1.807, 2.05) is 24.3 Å². The maximum absolute atomic E-state index is 14.5. The van der Waals surface area contributed by atoms with Crippen molar-refractivity contribution >= 4 is 22.6 Å². The molecule has 3 rings (SSSR count). The lowest BCUT2D eigenvalue weighted by Gasteiger charge is -2.09. The number of halogens is 2. The van der Waals surface area contributed by atoms with Crippen LogP contribution < -0.4 is 4.74 Å². The summed E-state index contributed by atoms with van der Waals surface area (Å²) in [6, 6.07) is 10.7. The van der Waals surface area contributed by atoms with Crippen molar-refractivity contribution in [1.29, 1.82) is 0 Å². The first-order chi connectivity index (χ1) is 9.70. The molecule has 0 atom stereocenters. The van der Waals surface area contributed by atoms with Gasteiger partial charge in [0.1, 0.15) is 5.82 Å². The van der Waals surface area contributed by atoms with Crippen LogP contribution >= 0.6 is 11.6 Å². The first-order valence-electron chi connectivity index (χ1n) is 6.26. The van der Waals surface area contributed by atoms with Gasteiger partial charge in [0.15, 0.2) is 11.6 Å². The number of hydrogen-bond acceptors (Lipinski definition) is 2. The molecule has 0 aliphatic carbocycles. The Balaban J connectivity index is 2.16. The molecule has 2 aromatic carbocycles. The fourth-order valence-corrected chi connectivity index (χ4v) is 2.27. The summed E-state index contributed by atoms with van der Waals surface area (Å²) in [6.45, 7) is 2.13. The van der Waals surface area contributed by atoms with E-state index in [9.17, 15) is 4.39 Å². The minimum atomic E-state index is -0.501. The fourth-order valence-electron chi connectivity index (χ4n) is 2.07. The summed E-state index contributed by atoms with van der Waals surface area (Å²) >= 11 is 5.95. The third-order valence-electron chi connectivity index (χ3n) is 2.98. The highest BCUT2D eigenvalue weighted by atomic mass is 35.5. The Morgan fingerprint density at radius 3 is 2.80 bits per heavy atom. The van der Waals surface area contributed by atoms with Gasteiger partial charge in [-0.2, -0.15) is 0 Å². The number of nitrogens with zero attached hydrogens (tertiary/aromatic N) is 1. The molecule has 5 heteroatoms. The summed E-state index contributed by atoms with van der Waals surface area (Å²) in [5.41, 5.74) is 1.98. The number of imidazole rings is 1. The highest BCUT2D eigenvalue weighted by Crippen LogP contribution is 2.34. The zero-order chi connectivity index (χ0) is 14.1. The molecule has 0 amide bonds. The molecule has 0 bridgehead atoms. The molecule has 3 aromatic rings. The van der Waals surface area contributed by atoms with Crippen molar-refractivity contribution in [3.63, 3.8) is 0 Å². The number of rotatable bonds is 3. The van der Waals surface area contributed by atoms with Crippen LogP contribution in [-0.2, 0) is 0 Å². The molecule has 0 saturated carbocycles. The van der Waals surface area contributed by atoms with Gasteiger partial charge in [0, 0.05) is 0 Å². The molecule has 0 fully saturated rings. The van der Waals surface area contributed by atoms with Crippen molar-refractivity contribution in [1.82, 2.24) is 9.97 Å². The predicted octanol–water partition coefficient (Wildman–Crippen LogP) is 4.42. The van der Waals surface area contributed by atoms with Crippen LogP contribution in [0.3, 0.4) is 0 Å². The molecule has 0 aliphatic rings. The Bertz CT molecular complexity index is 737. The van der Waals surface area contributed by atoms with E-state index in [0.29, 0.717) is 18.0 Å². The number of aromatic amines is 1. The molecule has 1 aromatic heterocycles. The SMILES string of the molecule is CCOc1c(Cl)ccc(-c2nc3ccccc3[nH]2)c1F. The van der Waals surface area contributed by atoms with Gasteiger partial charge in [-0.25, -0.2) is 9.37 Å². The first-order valence-corrected chi connectivity index (χ1v) is 6.64. The largest absolute Gasteiger partial charge is 0.489 e. The standard InChI is InChI=1S/C15H12ClFN2O/c1-2-20-14-10(16)8-7-9(13(14)17)15-18-11-5-3-4-6-12(11)19-15/h3-8H,2H2,1H3,(H,18,19). The van der Waals surface area contributed by atoms with Gasteiger partial charge in [0.25, 0.3) is 0 Å². The third-order valence-corrected chi connectivity index (χ3v) is 3.28. The number of ether oxygens (including phenoxy) is 1. The normalized spacial score (nSPS) is 10.9. The van der Waals surface area contributed by atoms with Crippen LogP contribution in [0.4, 0.5) is 4.39 Å². The number of para-hydroxylation sites is 2. The Morgan fingerprint density at radius 2 is 2.05 bits per heavy atom. The van der Waals surface area contributed by atoms with Crippen LogP contribution in [0.1, 0.15) is 6.92 Å². The lowest BCUT2D eigenvalue weighted by Crippen LogP contribution is -1.98. The number of fused-ring (bicyclic) bond motifs is 1. The van der Waals surface area contributed by atoms with Crippen molar-refractivity contribution in [3.8, 4) is 17.1 Å². The second kappa shape index (κ2) is 5.13. The minimum Gasteiger partial charge on any atom is -0.489 e. The summed E-state index contributed by atoms with van der Waals surface area (Å²) in [5, 5.41) is 0.254. The van der Waals surface area contributed by atoms with E-state index in [0.717, 1.165) is 11.0 Å². The quantitative estimate of drug-likeness (QED) is 0.775. The monoisotopic (exact) mass is 290 g/mol. The van der Waals surface area contributed by atoms with Gasteiger partial charge in [-0.1, -0.05) is 23.7 Å². The van der Waals surface area contributed by atoms with E-state index in [4.69, 9.17) is 16.3 Å². The van der Waals surface area contributed by atoms with E-state index >= 15 is 0 Å². The molecule has 3 nitrogen and oxygen atoms in total. The molecular weight excluding hydrogens is 279 g/mol. The van der Waals surface area contributed by atoms with Crippen molar-refractivity contribution in [3.05, 3.63) is 47.2 Å². The van der Waals surface area contributed by atoms with Gasteiger partial charge >= 0.3 is 0 Å². The van der Waals surface area contributed by atoms with Crippen LogP contribution in [0.15, 0.2) is 36.4 Å². The van der Waals surface area contributed by atoms with Gasteiger partial charge in [-0.15, -0.1) is 0 Å². The second-order valence-electron chi connectivity index (χ2n) is 4.27. The van der Waals surface area contributed by atoms with E-state index in [2.05, 4.69) is 9.97 Å². The predicted molar refractivity (Wildman–Crippen MR) is 77.7 cm³/mol. The summed E-state index contributed by atoms with van der Waals surface area (Å²) in [4.78, 5) is 7.47. The lowest BCUT2D eigenvalue weighted by molar-refractivity contribution is 0.322. The molecule has 102 valence electrons. The lowest BCUT2D eigenvalue weighted by atomic mass is 10.2. The van der Waals surface area contributed by atoms with Crippen LogP contribution in [-0.4, -0.2) is 16.6 Å². The van der Waals surface area contributed by atoms with Gasteiger partial charge in [-0.3, -0.25) is 0 Å². The molecule has 20 heavy (non-hydrogen) atoms. The molecule has 0 saturated heterocycles. The maximum Gasteiger partial charge on any atom is 0.177 e. The average molecular weight is 291 g/mol.